The average Bonchev–Trinajstić information content (AvgIpc) is 2.67. The number of carbonyl (C=O) groups is 3. The summed E-state index contributed by atoms with van der Waals surface area (Å²) in [6, 6.07) is -0.685. The topological polar surface area (TPSA) is 78.5 Å². The largest absolute Gasteiger partial charge is 0.343 e. The van der Waals surface area contributed by atoms with Gasteiger partial charge in [0, 0.05) is 13.6 Å². The quantitative estimate of drug-likeness (QED) is 0.685. The molecule has 0 saturated carbocycles. The number of likely N-dealkylation sites (N-methyl/N-ethyl adjacent to an activating group) is 1. The van der Waals surface area contributed by atoms with Crippen molar-refractivity contribution in [3.8, 4) is 0 Å². The third-order valence-corrected chi connectivity index (χ3v) is 4.32. The summed E-state index contributed by atoms with van der Waals surface area (Å²) in [7, 11) is 1.45. The van der Waals surface area contributed by atoms with Crippen molar-refractivity contribution in [2.75, 3.05) is 20.1 Å². The number of nitrogens with zero attached hydrogens (tertiary/aromatic N) is 1. The normalized spacial score (nSPS) is 31.7. The molecule has 2 fully saturated rings. The number of carbonyl (C=O) groups excluding carboxylic acids is 3. The summed E-state index contributed by atoms with van der Waals surface area (Å²) in [4.78, 5) is 36.8. The van der Waals surface area contributed by atoms with E-state index in [0.717, 1.165) is 30.7 Å². The smallest absolute Gasteiger partial charge is 0.252 e. The molecule has 2 aliphatic heterocycles. The predicted octanol–water partition coefficient (Wildman–Crippen LogP) is -0.360. The van der Waals surface area contributed by atoms with Gasteiger partial charge in [0.05, 0.1) is 11.8 Å². The molecule has 2 unspecified atom stereocenters. The summed E-state index contributed by atoms with van der Waals surface area (Å²) in [6.45, 7) is 3.55. The maximum absolute atomic E-state index is 12.4. The van der Waals surface area contributed by atoms with Crippen LogP contribution in [0.15, 0.2) is 0 Å². The number of likely N-dealkylation sites (tertiary alicyclic amines) is 1. The molecule has 0 aliphatic carbocycles. The van der Waals surface area contributed by atoms with Gasteiger partial charge in [0.15, 0.2) is 0 Å². The summed E-state index contributed by atoms with van der Waals surface area (Å²) >= 11 is 0. The highest BCUT2D eigenvalue weighted by molar-refractivity contribution is 6.06. The van der Waals surface area contributed by atoms with Crippen LogP contribution in [0.3, 0.4) is 0 Å². The highest BCUT2D eigenvalue weighted by Crippen LogP contribution is 2.30. The molecular weight excluding hydrogens is 246 g/mol. The van der Waals surface area contributed by atoms with Crippen molar-refractivity contribution >= 4 is 17.7 Å². The molecule has 2 saturated heterocycles. The number of piperidine rings is 1. The van der Waals surface area contributed by atoms with Gasteiger partial charge in [-0.2, -0.15) is 0 Å². The standard InChI is InChI=1S/C13H21N3O3/c1-3-13(5-4-6-14-8-13)12(19)15-9-7-10(17)16(2)11(9)18/h9,14H,3-8H2,1-2H3,(H,15,19). The van der Waals surface area contributed by atoms with Crippen molar-refractivity contribution in [3.05, 3.63) is 0 Å². The van der Waals surface area contributed by atoms with Gasteiger partial charge in [-0.05, 0) is 25.8 Å². The fraction of sp³-hybridized carbons (Fsp3) is 0.769. The van der Waals surface area contributed by atoms with Gasteiger partial charge < -0.3 is 10.6 Å². The lowest BCUT2D eigenvalue weighted by atomic mass is 9.77. The maximum Gasteiger partial charge on any atom is 0.252 e. The van der Waals surface area contributed by atoms with Crippen molar-refractivity contribution in [3.63, 3.8) is 0 Å². The minimum absolute atomic E-state index is 0.0777. The molecule has 2 rings (SSSR count). The van der Waals surface area contributed by atoms with Crippen LogP contribution in [0.4, 0.5) is 0 Å². The highest BCUT2D eigenvalue weighted by atomic mass is 16.2. The van der Waals surface area contributed by atoms with E-state index in [1.165, 1.54) is 7.05 Å². The Balaban J connectivity index is 2.04. The number of nitrogens with one attached hydrogen (secondary N) is 2. The first-order valence-corrected chi connectivity index (χ1v) is 6.82. The Bertz CT molecular complexity index is 402. The molecule has 2 atom stereocenters. The van der Waals surface area contributed by atoms with Crippen molar-refractivity contribution in [1.29, 1.82) is 0 Å². The Morgan fingerprint density at radius 2 is 2.26 bits per heavy atom. The zero-order valence-corrected chi connectivity index (χ0v) is 11.5. The molecule has 2 heterocycles. The Morgan fingerprint density at radius 3 is 2.74 bits per heavy atom. The van der Waals surface area contributed by atoms with Crippen LogP contribution in [0.1, 0.15) is 32.6 Å². The van der Waals surface area contributed by atoms with E-state index in [2.05, 4.69) is 10.6 Å². The second kappa shape index (κ2) is 5.28. The Morgan fingerprint density at radius 1 is 1.53 bits per heavy atom. The second-order valence-electron chi connectivity index (χ2n) is 5.44. The monoisotopic (exact) mass is 267 g/mol. The molecule has 0 aromatic heterocycles. The summed E-state index contributed by atoms with van der Waals surface area (Å²) in [5, 5.41) is 6.00. The van der Waals surface area contributed by atoms with E-state index in [9.17, 15) is 14.4 Å². The van der Waals surface area contributed by atoms with Crippen LogP contribution < -0.4 is 10.6 Å². The van der Waals surface area contributed by atoms with Crippen molar-refractivity contribution in [2.45, 2.75) is 38.6 Å². The van der Waals surface area contributed by atoms with Crippen LogP contribution in [0, 0.1) is 5.41 Å². The molecule has 0 spiro atoms. The molecule has 2 aliphatic rings. The van der Waals surface area contributed by atoms with Crippen LogP contribution in [0.2, 0.25) is 0 Å². The lowest BCUT2D eigenvalue weighted by Crippen LogP contribution is -2.53. The Kier molecular flexibility index (Phi) is 3.89. The van der Waals surface area contributed by atoms with E-state index in [4.69, 9.17) is 0 Å². The lowest BCUT2D eigenvalue weighted by Gasteiger charge is -2.36. The van der Waals surface area contributed by atoms with Crippen LogP contribution in [-0.2, 0) is 14.4 Å². The molecule has 2 N–H and O–H groups in total. The van der Waals surface area contributed by atoms with E-state index in [1.807, 2.05) is 6.92 Å². The first-order valence-electron chi connectivity index (χ1n) is 6.82. The van der Waals surface area contributed by atoms with Crippen LogP contribution in [-0.4, -0.2) is 48.8 Å². The molecule has 0 aromatic rings. The maximum atomic E-state index is 12.4. The van der Waals surface area contributed by atoms with Gasteiger partial charge in [0.2, 0.25) is 11.8 Å². The van der Waals surface area contributed by atoms with E-state index in [1.54, 1.807) is 0 Å². The molecule has 0 bridgehead atoms. The third-order valence-electron chi connectivity index (χ3n) is 4.32. The van der Waals surface area contributed by atoms with Crippen molar-refractivity contribution in [2.24, 2.45) is 5.41 Å². The first kappa shape index (κ1) is 14.0. The zero-order chi connectivity index (χ0) is 14.0. The molecule has 19 heavy (non-hydrogen) atoms. The van der Waals surface area contributed by atoms with Gasteiger partial charge in [0.25, 0.3) is 5.91 Å². The zero-order valence-electron chi connectivity index (χ0n) is 11.5. The van der Waals surface area contributed by atoms with Gasteiger partial charge in [-0.3, -0.25) is 19.3 Å². The summed E-state index contributed by atoms with van der Waals surface area (Å²) in [5.74, 6) is -0.653. The summed E-state index contributed by atoms with van der Waals surface area (Å²) < 4.78 is 0. The van der Waals surface area contributed by atoms with Crippen LogP contribution in [0.25, 0.3) is 0 Å². The van der Waals surface area contributed by atoms with E-state index in [-0.39, 0.29) is 24.1 Å². The number of hydrogen-bond acceptors (Lipinski definition) is 4. The summed E-state index contributed by atoms with van der Waals surface area (Å²) in [6.07, 6.45) is 2.59. The minimum atomic E-state index is -0.685. The number of imide groups is 1. The molecular formula is C13H21N3O3. The SMILES string of the molecule is CCC1(C(=O)NC2CC(=O)N(C)C2=O)CCCNC1. The summed E-state index contributed by atoms with van der Waals surface area (Å²) in [5.41, 5.74) is -0.442. The number of amides is 3. The first-order chi connectivity index (χ1) is 9.00. The predicted molar refractivity (Wildman–Crippen MR) is 69.2 cm³/mol. The second-order valence-corrected chi connectivity index (χ2v) is 5.44. The van der Waals surface area contributed by atoms with Gasteiger partial charge in [0.1, 0.15) is 6.04 Å². The fourth-order valence-electron chi connectivity index (χ4n) is 2.80. The van der Waals surface area contributed by atoms with Crippen molar-refractivity contribution in [1.82, 2.24) is 15.5 Å². The highest BCUT2D eigenvalue weighted by Gasteiger charge is 2.43. The fourth-order valence-corrected chi connectivity index (χ4v) is 2.80. The van der Waals surface area contributed by atoms with Crippen LogP contribution in [0.5, 0.6) is 0 Å². The van der Waals surface area contributed by atoms with Crippen molar-refractivity contribution < 1.29 is 14.4 Å². The Labute approximate surface area is 112 Å². The van der Waals surface area contributed by atoms with Crippen LogP contribution >= 0.6 is 0 Å². The molecule has 0 aromatic carbocycles. The molecule has 6 nitrogen and oxygen atoms in total. The van der Waals surface area contributed by atoms with Gasteiger partial charge in [-0.15, -0.1) is 0 Å². The molecule has 0 radical (unpaired) electrons. The van der Waals surface area contributed by atoms with E-state index in [0.29, 0.717) is 6.54 Å². The van der Waals surface area contributed by atoms with E-state index >= 15 is 0 Å². The lowest BCUT2D eigenvalue weighted by molar-refractivity contribution is -0.140. The van der Waals surface area contributed by atoms with Gasteiger partial charge >= 0.3 is 0 Å². The van der Waals surface area contributed by atoms with E-state index < -0.39 is 11.5 Å². The van der Waals surface area contributed by atoms with Gasteiger partial charge in [-0.25, -0.2) is 0 Å². The molecule has 106 valence electrons. The van der Waals surface area contributed by atoms with Gasteiger partial charge in [-0.1, -0.05) is 6.92 Å². The number of hydrogen-bond donors (Lipinski definition) is 2. The average molecular weight is 267 g/mol. The molecule has 3 amide bonds. The Hall–Kier alpha value is -1.43. The molecule has 6 heteroatoms. The third kappa shape index (κ3) is 2.49. The minimum Gasteiger partial charge on any atom is -0.343 e. The number of rotatable bonds is 3.